The Labute approximate surface area is 198 Å². The zero-order valence-corrected chi connectivity index (χ0v) is 20.3. The molecule has 1 fully saturated rings. The van der Waals surface area contributed by atoms with Crippen molar-refractivity contribution in [1.29, 1.82) is 0 Å². The summed E-state index contributed by atoms with van der Waals surface area (Å²) in [6.45, 7) is 6.30. The number of hydrogen-bond acceptors (Lipinski definition) is 3. The molecule has 2 heterocycles. The van der Waals surface area contributed by atoms with Gasteiger partial charge in [-0.15, -0.1) is 11.6 Å². The van der Waals surface area contributed by atoms with E-state index in [9.17, 15) is 0 Å². The predicted molar refractivity (Wildman–Crippen MR) is 139 cm³/mol. The molecular formula is C26H36ClN3S. The number of aromatic nitrogens is 1. The zero-order chi connectivity index (χ0) is 22.1. The van der Waals surface area contributed by atoms with Crippen LogP contribution in [0.5, 0.6) is 0 Å². The van der Waals surface area contributed by atoms with Crippen molar-refractivity contribution in [2.45, 2.75) is 45.2 Å². The fourth-order valence-electron chi connectivity index (χ4n) is 4.16. The quantitative estimate of drug-likeness (QED) is 0.345. The normalized spacial score (nSPS) is 15.1. The lowest BCUT2D eigenvalue weighted by molar-refractivity contribution is 0.190. The van der Waals surface area contributed by atoms with Crippen LogP contribution in [0.2, 0.25) is 0 Å². The smallest absolute Gasteiger partial charge is 0.0486 e. The van der Waals surface area contributed by atoms with E-state index in [0.29, 0.717) is 12.6 Å². The number of likely N-dealkylation sites (tertiary alicyclic amines) is 1. The van der Waals surface area contributed by atoms with Crippen LogP contribution in [0, 0.1) is 6.92 Å². The van der Waals surface area contributed by atoms with E-state index in [4.69, 9.17) is 17.3 Å². The van der Waals surface area contributed by atoms with E-state index in [1.54, 1.807) is 0 Å². The van der Waals surface area contributed by atoms with Gasteiger partial charge < -0.3 is 15.2 Å². The summed E-state index contributed by atoms with van der Waals surface area (Å²) < 4.78 is 2.48. The number of halogens is 1. The van der Waals surface area contributed by atoms with E-state index in [1.807, 2.05) is 0 Å². The van der Waals surface area contributed by atoms with Gasteiger partial charge in [-0.1, -0.05) is 42.0 Å². The Bertz CT molecular complexity index is 912. The number of nitrogens with zero attached hydrogens (tertiary/aromatic N) is 2. The van der Waals surface area contributed by atoms with Crippen LogP contribution in [0.3, 0.4) is 0 Å². The minimum atomic E-state index is 0.608. The summed E-state index contributed by atoms with van der Waals surface area (Å²) in [5.41, 5.74) is 11.2. The highest BCUT2D eigenvalue weighted by Gasteiger charge is 2.21. The molecule has 3 aromatic rings. The topological polar surface area (TPSA) is 34.2 Å². The lowest BCUT2D eigenvalue weighted by Crippen LogP contribution is -2.35. The molecule has 2 aromatic carbocycles. The number of rotatable bonds is 7. The fourth-order valence-corrected chi connectivity index (χ4v) is 4.64. The molecule has 0 saturated carbocycles. The summed E-state index contributed by atoms with van der Waals surface area (Å²) in [6.07, 6.45) is 6.88. The van der Waals surface area contributed by atoms with Crippen LogP contribution in [0.25, 0.3) is 10.9 Å². The number of nitrogens with two attached hydrogens (primary N) is 1. The molecule has 0 unspecified atom stereocenters. The van der Waals surface area contributed by atoms with Gasteiger partial charge in [-0.05, 0) is 67.0 Å². The molecule has 0 atom stereocenters. The Hall–Kier alpha value is -1.46. The summed E-state index contributed by atoms with van der Waals surface area (Å²) in [6, 6.07) is 18.4. The second kappa shape index (κ2) is 12.5. The second-order valence-electron chi connectivity index (χ2n) is 8.39. The van der Waals surface area contributed by atoms with E-state index in [-0.39, 0.29) is 0 Å². The van der Waals surface area contributed by atoms with Gasteiger partial charge in [0, 0.05) is 49.8 Å². The Kier molecular flexibility index (Phi) is 9.79. The first-order valence-corrected chi connectivity index (χ1v) is 12.6. The molecule has 0 amide bonds. The van der Waals surface area contributed by atoms with Crippen molar-refractivity contribution >= 4 is 35.1 Å². The van der Waals surface area contributed by atoms with Gasteiger partial charge in [0.2, 0.25) is 0 Å². The van der Waals surface area contributed by atoms with Crippen LogP contribution in [0.15, 0.2) is 54.7 Å². The van der Waals surface area contributed by atoms with E-state index in [2.05, 4.69) is 83.7 Å². The molecule has 0 bridgehead atoms. The third kappa shape index (κ3) is 7.01. The molecule has 31 heavy (non-hydrogen) atoms. The molecule has 3 nitrogen and oxygen atoms in total. The maximum Gasteiger partial charge on any atom is 0.0486 e. The van der Waals surface area contributed by atoms with E-state index >= 15 is 0 Å². The minimum absolute atomic E-state index is 0.608. The summed E-state index contributed by atoms with van der Waals surface area (Å²) in [5, 5.41) is 1.32. The first kappa shape index (κ1) is 24.2. The summed E-state index contributed by atoms with van der Waals surface area (Å²) in [5.74, 6) is 1.65. The van der Waals surface area contributed by atoms with Gasteiger partial charge in [-0.3, -0.25) is 0 Å². The summed E-state index contributed by atoms with van der Waals surface area (Å²) in [4.78, 5) is 2.62. The first-order valence-electron chi connectivity index (χ1n) is 11.4. The zero-order valence-electron chi connectivity index (χ0n) is 18.6. The lowest BCUT2D eigenvalue weighted by atomic mass is 10.0. The van der Waals surface area contributed by atoms with Crippen LogP contribution in [-0.4, -0.2) is 40.7 Å². The molecule has 168 valence electrons. The molecule has 1 saturated heterocycles. The van der Waals surface area contributed by atoms with Gasteiger partial charge in [-0.2, -0.15) is 12.6 Å². The van der Waals surface area contributed by atoms with Crippen molar-refractivity contribution in [3.8, 4) is 0 Å². The predicted octanol–water partition coefficient (Wildman–Crippen LogP) is 5.83. The minimum Gasteiger partial charge on any atom is -0.344 e. The largest absolute Gasteiger partial charge is 0.344 e. The maximum atomic E-state index is 5.83. The number of alkyl halides is 1. The number of piperidine rings is 1. The van der Waals surface area contributed by atoms with Crippen LogP contribution in [0.1, 0.15) is 42.0 Å². The monoisotopic (exact) mass is 457 g/mol. The van der Waals surface area contributed by atoms with Gasteiger partial charge in [0.1, 0.15) is 0 Å². The highest BCUT2D eigenvalue weighted by Crippen LogP contribution is 2.28. The number of thiol groups is 1. The molecule has 0 radical (unpaired) electrons. The van der Waals surface area contributed by atoms with Gasteiger partial charge in [0.05, 0.1) is 0 Å². The van der Waals surface area contributed by atoms with Crippen LogP contribution < -0.4 is 5.73 Å². The highest BCUT2D eigenvalue weighted by molar-refractivity contribution is 7.80. The first-order chi connectivity index (χ1) is 15.1. The van der Waals surface area contributed by atoms with Gasteiger partial charge in [0.25, 0.3) is 0 Å². The van der Waals surface area contributed by atoms with E-state index in [1.165, 1.54) is 60.1 Å². The van der Waals surface area contributed by atoms with E-state index < -0.39 is 0 Å². The number of hydrogen-bond donors (Lipinski definition) is 2. The maximum absolute atomic E-state index is 5.83. The average molecular weight is 458 g/mol. The van der Waals surface area contributed by atoms with Crippen LogP contribution in [0.4, 0.5) is 0 Å². The Morgan fingerprint density at radius 3 is 2.35 bits per heavy atom. The Morgan fingerprint density at radius 1 is 1.03 bits per heavy atom. The molecule has 4 rings (SSSR count). The van der Waals surface area contributed by atoms with Crippen molar-refractivity contribution in [2.24, 2.45) is 5.73 Å². The SMILES string of the molecule is Cc1ccc(CCN2CCC(n3ccc4ccc(CN)cc43)CC2)cc1.SCCCCl. The van der Waals surface area contributed by atoms with Crippen molar-refractivity contribution < 1.29 is 0 Å². The molecular weight excluding hydrogens is 422 g/mol. The fraction of sp³-hybridized carbons (Fsp3) is 0.462. The standard InChI is InChI=1S/C23H29N3.C3H7ClS/c1-18-2-4-19(5-3-18)8-12-25-13-10-22(11-14-25)26-15-9-21-7-6-20(17-24)16-23(21)26;4-2-1-3-5/h2-7,9,15-16,22H,8,10-14,17,24H2,1H3;5H,1-3H2. The number of aryl methyl sites for hydroxylation is 1. The van der Waals surface area contributed by atoms with Gasteiger partial charge in [-0.25, -0.2) is 0 Å². The molecule has 0 spiro atoms. The van der Waals surface area contributed by atoms with Crippen LogP contribution >= 0.6 is 24.2 Å². The van der Waals surface area contributed by atoms with Gasteiger partial charge in [0.15, 0.2) is 0 Å². The third-order valence-electron chi connectivity index (χ3n) is 6.10. The molecule has 5 heteroatoms. The molecule has 2 N–H and O–H groups in total. The number of benzene rings is 2. The van der Waals surface area contributed by atoms with E-state index in [0.717, 1.165) is 24.5 Å². The highest BCUT2D eigenvalue weighted by atomic mass is 35.5. The average Bonchev–Trinajstić information content (AvgIpc) is 3.23. The Morgan fingerprint density at radius 2 is 1.74 bits per heavy atom. The van der Waals surface area contributed by atoms with Crippen molar-refractivity contribution in [2.75, 3.05) is 31.3 Å². The molecule has 0 aliphatic carbocycles. The molecule has 1 aliphatic rings. The second-order valence-corrected chi connectivity index (χ2v) is 9.22. The molecule has 1 aliphatic heterocycles. The molecule has 1 aromatic heterocycles. The van der Waals surface area contributed by atoms with Crippen LogP contribution in [-0.2, 0) is 13.0 Å². The van der Waals surface area contributed by atoms with Gasteiger partial charge >= 0.3 is 0 Å². The summed E-state index contributed by atoms with van der Waals surface area (Å²) in [7, 11) is 0. The Balaban J connectivity index is 0.000000491. The van der Waals surface area contributed by atoms with Crippen molar-refractivity contribution in [3.05, 3.63) is 71.4 Å². The van der Waals surface area contributed by atoms with Crippen molar-refractivity contribution in [1.82, 2.24) is 9.47 Å². The lowest BCUT2D eigenvalue weighted by Gasteiger charge is -2.33. The third-order valence-corrected chi connectivity index (χ3v) is 6.69. The van der Waals surface area contributed by atoms with Crippen molar-refractivity contribution in [3.63, 3.8) is 0 Å². The summed E-state index contributed by atoms with van der Waals surface area (Å²) >= 11 is 9.17. The number of fused-ring (bicyclic) bond motifs is 1.